The van der Waals surface area contributed by atoms with Gasteiger partial charge < -0.3 is 4.57 Å². The largest absolute Gasteiger partial charge is 0.416 e. The van der Waals surface area contributed by atoms with E-state index in [4.69, 9.17) is 0 Å². The summed E-state index contributed by atoms with van der Waals surface area (Å²) in [7, 11) is 0. The highest BCUT2D eigenvalue weighted by Gasteiger charge is 2.33. The zero-order valence-corrected chi connectivity index (χ0v) is 15.8. The highest BCUT2D eigenvalue weighted by Crippen LogP contribution is 2.36. The summed E-state index contributed by atoms with van der Waals surface area (Å²) < 4.78 is 42.1. The topological polar surface area (TPSA) is 8.17 Å². The molecular formula is C23H23F3N2. The second kappa shape index (κ2) is 7.47. The van der Waals surface area contributed by atoms with E-state index in [1.54, 1.807) is 0 Å². The Hall–Kier alpha value is -2.53. The molecule has 0 N–H and O–H groups in total. The van der Waals surface area contributed by atoms with Crippen molar-refractivity contribution < 1.29 is 13.2 Å². The third kappa shape index (κ3) is 3.85. The SMILES string of the molecule is Cc1ccc(CN2CCCn3cccc3C2c2cccc(C(F)(F)F)c2)cc1. The quantitative estimate of drug-likeness (QED) is 0.553. The van der Waals surface area contributed by atoms with Crippen LogP contribution in [0.5, 0.6) is 0 Å². The molecule has 0 amide bonds. The molecule has 0 spiro atoms. The highest BCUT2D eigenvalue weighted by atomic mass is 19.4. The number of aryl methyl sites for hydroxylation is 2. The van der Waals surface area contributed by atoms with Crippen molar-refractivity contribution in [2.45, 2.75) is 38.7 Å². The molecule has 4 rings (SSSR count). The van der Waals surface area contributed by atoms with Crippen LogP contribution in [0.2, 0.25) is 0 Å². The molecule has 146 valence electrons. The van der Waals surface area contributed by atoms with E-state index in [-0.39, 0.29) is 6.04 Å². The normalized spacial score (nSPS) is 17.9. The van der Waals surface area contributed by atoms with Crippen LogP contribution in [0.15, 0.2) is 66.9 Å². The van der Waals surface area contributed by atoms with Crippen LogP contribution in [0, 0.1) is 6.92 Å². The second-order valence-corrected chi connectivity index (χ2v) is 7.46. The lowest BCUT2D eigenvalue weighted by atomic mass is 9.98. The van der Waals surface area contributed by atoms with Crippen molar-refractivity contribution in [3.8, 4) is 0 Å². The minimum atomic E-state index is -4.34. The fraction of sp³-hybridized carbons (Fsp3) is 0.304. The van der Waals surface area contributed by atoms with Gasteiger partial charge in [-0.15, -0.1) is 0 Å². The Morgan fingerprint density at radius 3 is 2.50 bits per heavy atom. The molecule has 0 aliphatic carbocycles. The zero-order chi connectivity index (χ0) is 19.7. The Balaban J connectivity index is 1.75. The standard InChI is InChI=1S/C23H23F3N2/c1-17-8-10-18(11-9-17)16-28-14-4-13-27-12-3-7-21(27)22(28)19-5-2-6-20(15-19)23(24,25)26/h2-3,5-12,15,22H,4,13-14,16H2,1H3. The van der Waals surface area contributed by atoms with Gasteiger partial charge in [-0.2, -0.15) is 13.2 Å². The number of hydrogen-bond donors (Lipinski definition) is 0. The van der Waals surface area contributed by atoms with Crippen LogP contribution in [0.3, 0.4) is 0 Å². The fourth-order valence-corrected chi connectivity index (χ4v) is 4.00. The van der Waals surface area contributed by atoms with Crippen molar-refractivity contribution in [1.29, 1.82) is 0 Å². The van der Waals surface area contributed by atoms with E-state index in [0.29, 0.717) is 12.1 Å². The first-order chi connectivity index (χ1) is 13.4. The number of alkyl halides is 3. The molecule has 5 heteroatoms. The molecule has 28 heavy (non-hydrogen) atoms. The van der Waals surface area contributed by atoms with Crippen LogP contribution in [0.1, 0.15) is 40.4 Å². The number of hydrogen-bond acceptors (Lipinski definition) is 1. The molecular weight excluding hydrogens is 361 g/mol. The van der Waals surface area contributed by atoms with E-state index in [0.717, 1.165) is 31.3 Å². The molecule has 0 bridgehead atoms. The molecule has 0 fully saturated rings. The van der Waals surface area contributed by atoms with Crippen molar-refractivity contribution >= 4 is 0 Å². The van der Waals surface area contributed by atoms with Gasteiger partial charge in [-0.05, 0) is 48.7 Å². The van der Waals surface area contributed by atoms with Crippen molar-refractivity contribution in [3.05, 3.63) is 94.8 Å². The predicted octanol–water partition coefficient (Wildman–Crippen LogP) is 5.81. The van der Waals surface area contributed by atoms with Gasteiger partial charge in [-0.3, -0.25) is 4.90 Å². The third-order valence-electron chi connectivity index (χ3n) is 5.39. The summed E-state index contributed by atoms with van der Waals surface area (Å²) in [6.07, 6.45) is -1.36. The molecule has 2 nitrogen and oxygen atoms in total. The molecule has 0 radical (unpaired) electrons. The third-order valence-corrected chi connectivity index (χ3v) is 5.39. The van der Waals surface area contributed by atoms with E-state index >= 15 is 0 Å². The Kier molecular flexibility index (Phi) is 5.02. The van der Waals surface area contributed by atoms with Gasteiger partial charge in [0.05, 0.1) is 11.6 Å². The van der Waals surface area contributed by atoms with Crippen molar-refractivity contribution in [3.63, 3.8) is 0 Å². The first-order valence-corrected chi connectivity index (χ1v) is 9.53. The molecule has 0 saturated carbocycles. The van der Waals surface area contributed by atoms with Gasteiger partial charge >= 0.3 is 6.18 Å². The lowest BCUT2D eigenvalue weighted by molar-refractivity contribution is -0.137. The summed E-state index contributed by atoms with van der Waals surface area (Å²) >= 11 is 0. The molecule has 3 aromatic rings. The molecule has 1 unspecified atom stereocenters. The van der Waals surface area contributed by atoms with Crippen LogP contribution in [0.4, 0.5) is 13.2 Å². The van der Waals surface area contributed by atoms with E-state index in [2.05, 4.69) is 33.7 Å². The number of rotatable bonds is 3. The van der Waals surface area contributed by atoms with Crippen LogP contribution in [-0.2, 0) is 19.3 Å². The molecule has 2 heterocycles. The maximum absolute atomic E-state index is 13.3. The van der Waals surface area contributed by atoms with Gasteiger partial charge in [0.25, 0.3) is 0 Å². The number of aromatic nitrogens is 1. The summed E-state index contributed by atoms with van der Waals surface area (Å²) in [5.41, 5.74) is 3.50. The summed E-state index contributed by atoms with van der Waals surface area (Å²) in [4.78, 5) is 2.29. The van der Waals surface area contributed by atoms with Gasteiger partial charge in [0.1, 0.15) is 0 Å². The summed E-state index contributed by atoms with van der Waals surface area (Å²) in [5.74, 6) is 0. The average molecular weight is 384 g/mol. The van der Waals surface area contributed by atoms with Gasteiger partial charge in [0, 0.05) is 31.5 Å². The monoisotopic (exact) mass is 384 g/mol. The van der Waals surface area contributed by atoms with E-state index in [9.17, 15) is 13.2 Å². The van der Waals surface area contributed by atoms with Crippen LogP contribution in [-0.4, -0.2) is 16.0 Å². The molecule has 1 aliphatic heterocycles. The molecule has 1 aromatic heterocycles. The molecule has 1 atom stereocenters. The van der Waals surface area contributed by atoms with E-state index in [1.165, 1.54) is 23.3 Å². The number of fused-ring (bicyclic) bond motifs is 1. The average Bonchev–Trinajstić information content (AvgIpc) is 3.04. The molecule has 2 aromatic carbocycles. The Morgan fingerprint density at radius 2 is 1.75 bits per heavy atom. The first kappa shape index (κ1) is 18.8. The van der Waals surface area contributed by atoms with Crippen LogP contribution >= 0.6 is 0 Å². The number of halogens is 3. The fourth-order valence-electron chi connectivity index (χ4n) is 4.00. The first-order valence-electron chi connectivity index (χ1n) is 9.53. The van der Waals surface area contributed by atoms with Crippen molar-refractivity contribution in [1.82, 2.24) is 9.47 Å². The molecule has 1 aliphatic rings. The van der Waals surface area contributed by atoms with E-state index < -0.39 is 11.7 Å². The lowest BCUT2D eigenvalue weighted by Gasteiger charge is -2.31. The Bertz CT molecular complexity index is 941. The number of nitrogens with zero attached hydrogens (tertiary/aromatic N) is 2. The van der Waals surface area contributed by atoms with Crippen molar-refractivity contribution in [2.75, 3.05) is 6.54 Å². The second-order valence-electron chi connectivity index (χ2n) is 7.46. The summed E-state index contributed by atoms with van der Waals surface area (Å²) in [6, 6.07) is 17.9. The molecule has 0 saturated heterocycles. The van der Waals surface area contributed by atoms with Gasteiger partial charge in [-0.25, -0.2) is 0 Å². The van der Waals surface area contributed by atoms with Crippen molar-refractivity contribution in [2.24, 2.45) is 0 Å². The maximum atomic E-state index is 13.3. The van der Waals surface area contributed by atoms with Crippen LogP contribution in [0.25, 0.3) is 0 Å². The summed E-state index contributed by atoms with van der Waals surface area (Å²) in [5, 5.41) is 0. The Morgan fingerprint density at radius 1 is 0.964 bits per heavy atom. The summed E-state index contributed by atoms with van der Waals surface area (Å²) in [6.45, 7) is 4.46. The minimum Gasteiger partial charge on any atom is -0.350 e. The van der Waals surface area contributed by atoms with Gasteiger partial charge in [0.15, 0.2) is 0 Å². The smallest absolute Gasteiger partial charge is 0.350 e. The van der Waals surface area contributed by atoms with Gasteiger partial charge in [0.2, 0.25) is 0 Å². The minimum absolute atomic E-state index is 0.207. The predicted molar refractivity (Wildman–Crippen MR) is 104 cm³/mol. The van der Waals surface area contributed by atoms with Gasteiger partial charge in [-0.1, -0.05) is 42.0 Å². The lowest BCUT2D eigenvalue weighted by Crippen LogP contribution is -2.29. The van der Waals surface area contributed by atoms with E-state index in [1.807, 2.05) is 31.3 Å². The highest BCUT2D eigenvalue weighted by molar-refractivity contribution is 5.34. The Labute approximate surface area is 163 Å². The maximum Gasteiger partial charge on any atom is 0.416 e. The van der Waals surface area contributed by atoms with Crippen LogP contribution < -0.4 is 0 Å². The zero-order valence-electron chi connectivity index (χ0n) is 15.8. The number of benzene rings is 2.